The van der Waals surface area contributed by atoms with Crippen molar-refractivity contribution in [2.45, 2.75) is 33.2 Å². The van der Waals surface area contributed by atoms with E-state index in [1.165, 1.54) is 4.88 Å². The molecule has 0 radical (unpaired) electrons. The van der Waals surface area contributed by atoms with E-state index >= 15 is 0 Å². The van der Waals surface area contributed by atoms with Crippen LogP contribution in [0.4, 0.5) is 0 Å². The number of hydrogen-bond acceptors (Lipinski definition) is 4. The summed E-state index contributed by atoms with van der Waals surface area (Å²) in [7, 11) is 2.13. The fourth-order valence-corrected chi connectivity index (χ4v) is 3.84. The summed E-state index contributed by atoms with van der Waals surface area (Å²) in [6, 6.07) is 4.80. The van der Waals surface area contributed by atoms with Gasteiger partial charge in [-0.25, -0.2) is 0 Å². The molecular formula is C19H34N4OS. The predicted octanol–water partition coefficient (Wildman–Crippen LogP) is 2.54. The molecule has 142 valence electrons. The molecule has 1 aromatic heterocycles. The molecule has 1 aromatic rings. The molecule has 1 fully saturated rings. The first-order chi connectivity index (χ1) is 12.1. The van der Waals surface area contributed by atoms with Crippen LogP contribution in [0.25, 0.3) is 0 Å². The number of ether oxygens (including phenoxy) is 1. The first kappa shape index (κ1) is 20.2. The second-order valence-electron chi connectivity index (χ2n) is 6.91. The Bertz CT molecular complexity index is 498. The lowest BCUT2D eigenvalue weighted by Crippen LogP contribution is -2.48. The zero-order valence-corrected chi connectivity index (χ0v) is 17.0. The van der Waals surface area contributed by atoms with Gasteiger partial charge in [-0.3, -0.25) is 9.89 Å². The number of thiophene rings is 1. The van der Waals surface area contributed by atoms with Gasteiger partial charge in [0, 0.05) is 44.1 Å². The molecule has 0 aliphatic carbocycles. The summed E-state index contributed by atoms with van der Waals surface area (Å²) in [6.45, 7) is 13.1. The average Bonchev–Trinajstić information content (AvgIpc) is 3.13. The molecule has 1 aliphatic heterocycles. The number of morpholine rings is 1. The van der Waals surface area contributed by atoms with E-state index < -0.39 is 0 Å². The number of nitrogens with one attached hydrogen (secondary N) is 1. The van der Waals surface area contributed by atoms with Crippen LogP contribution in [0.2, 0.25) is 0 Å². The van der Waals surface area contributed by atoms with Crippen molar-refractivity contribution in [3.05, 3.63) is 22.4 Å². The largest absolute Gasteiger partial charge is 0.379 e. The van der Waals surface area contributed by atoms with Crippen molar-refractivity contribution in [3.63, 3.8) is 0 Å². The minimum atomic E-state index is 0.475. The SMILES string of the molecule is CCNC(=NCC(C(C)C)N1CCOCC1)N(C)CCc1cccs1. The van der Waals surface area contributed by atoms with Crippen LogP contribution >= 0.6 is 11.3 Å². The highest BCUT2D eigenvalue weighted by molar-refractivity contribution is 7.09. The van der Waals surface area contributed by atoms with Crippen LogP contribution in [-0.4, -0.2) is 74.8 Å². The number of hydrogen-bond donors (Lipinski definition) is 1. The van der Waals surface area contributed by atoms with E-state index in [1.54, 1.807) is 0 Å². The Morgan fingerprint density at radius 2 is 2.16 bits per heavy atom. The highest BCUT2D eigenvalue weighted by atomic mass is 32.1. The van der Waals surface area contributed by atoms with E-state index in [0.717, 1.165) is 58.3 Å². The Hall–Kier alpha value is -1.11. The molecule has 1 aliphatic rings. The summed E-state index contributed by atoms with van der Waals surface area (Å²) in [4.78, 5) is 11.2. The summed E-state index contributed by atoms with van der Waals surface area (Å²) < 4.78 is 5.50. The van der Waals surface area contributed by atoms with Gasteiger partial charge in [0.2, 0.25) is 0 Å². The molecule has 0 amide bonds. The van der Waals surface area contributed by atoms with E-state index in [0.29, 0.717) is 12.0 Å². The van der Waals surface area contributed by atoms with Crippen molar-refractivity contribution in [2.24, 2.45) is 10.9 Å². The van der Waals surface area contributed by atoms with E-state index in [1.807, 2.05) is 11.3 Å². The second kappa shape index (κ2) is 10.8. The van der Waals surface area contributed by atoms with Crippen LogP contribution in [0.5, 0.6) is 0 Å². The van der Waals surface area contributed by atoms with Gasteiger partial charge in [0.05, 0.1) is 19.8 Å². The Balaban J connectivity index is 1.95. The van der Waals surface area contributed by atoms with Gasteiger partial charge in [-0.05, 0) is 30.7 Å². The van der Waals surface area contributed by atoms with Gasteiger partial charge < -0.3 is 15.0 Å². The zero-order chi connectivity index (χ0) is 18.1. The number of nitrogens with zero attached hydrogens (tertiary/aromatic N) is 3. The summed E-state index contributed by atoms with van der Waals surface area (Å²) >= 11 is 1.83. The normalized spacial score (nSPS) is 17.7. The standard InChI is InChI=1S/C19H34N4OS/c1-5-20-19(22(4)9-8-17-7-6-14-25-17)21-15-18(16(2)3)23-10-12-24-13-11-23/h6-7,14,16,18H,5,8-13,15H2,1-4H3,(H,20,21). The molecule has 1 saturated heterocycles. The summed E-state index contributed by atoms with van der Waals surface area (Å²) in [5.41, 5.74) is 0. The minimum absolute atomic E-state index is 0.475. The lowest BCUT2D eigenvalue weighted by Gasteiger charge is -2.36. The van der Waals surface area contributed by atoms with E-state index in [2.05, 4.69) is 60.4 Å². The van der Waals surface area contributed by atoms with Crippen LogP contribution in [0, 0.1) is 5.92 Å². The Labute approximate surface area is 157 Å². The molecule has 1 N–H and O–H groups in total. The monoisotopic (exact) mass is 366 g/mol. The molecule has 0 saturated carbocycles. The molecule has 0 bridgehead atoms. The molecule has 2 rings (SSSR count). The van der Waals surface area contributed by atoms with Gasteiger partial charge in [0.25, 0.3) is 0 Å². The van der Waals surface area contributed by atoms with Gasteiger partial charge in [0.1, 0.15) is 0 Å². The second-order valence-corrected chi connectivity index (χ2v) is 7.94. The van der Waals surface area contributed by atoms with Crippen molar-refractivity contribution in [3.8, 4) is 0 Å². The summed E-state index contributed by atoms with van der Waals surface area (Å²) in [5.74, 6) is 1.60. The number of rotatable bonds is 8. The topological polar surface area (TPSA) is 40.1 Å². The molecule has 1 atom stereocenters. The van der Waals surface area contributed by atoms with Gasteiger partial charge in [-0.1, -0.05) is 19.9 Å². The zero-order valence-electron chi connectivity index (χ0n) is 16.2. The van der Waals surface area contributed by atoms with Gasteiger partial charge in [-0.15, -0.1) is 11.3 Å². The smallest absolute Gasteiger partial charge is 0.193 e. The van der Waals surface area contributed by atoms with Crippen molar-refractivity contribution < 1.29 is 4.74 Å². The van der Waals surface area contributed by atoms with Gasteiger partial charge in [-0.2, -0.15) is 0 Å². The van der Waals surface area contributed by atoms with Crippen molar-refractivity contribution in [1.29, 1.82) is 0 Å². The first-order valence-corrected chi connectivity index (χ1v) is 10.3. The first-order valence-electron chi connectivity index (χ1n) is 9.45. The lowest BCUT2D eigenvalue weighted by atomic mass is 10.0. The summed E-state index contributed by atoms with van der Waals surface area (Å²) in [6.07, 6.45) is 1.07. The third-order valence-corrected chi connectivity index (χ3v) is 5.62. The van der Waals surface area contributed by atoms with Crippen molar-refractivity contribution in [2.75, 3.05) is 53.0 Å². The van der Waals surface area contributed by atoms with Crippen LogP contribution in [0.3, 0.4) is 0 Å². The van der Waals surface area contributed by atoms with Crippen LogP contribution in [-0.2, 0) is 11.2 Å². The molecule has 25 heavy (non-hydrogen) atoms. The molecule has 6 heteroatoms. The highest BCUT2D eigenvalue weighted by Gasteiger charge is 2.23. The van der Waals surface area contributed by atoms with E-state index in [-0.39, 0.29) is 0 Å². The fraction of sp³-hybridized carbons (Fsp3) is 0.737. The third-order valence-electron chi connectivity index (χ3n) is 4.68. The van der Waals surface area contributed by atoms with Crippen molar-refractivity contribution in [1.82, 2.24) is 15.1 Å². The summed E-state index contributed by atoms with van der Waals surface area (Å²) in [5, 5.41) is 5.59. The maximum atomic E-state index is 5.50. The van der Waals surface area contributed by atoms with Gasteiger partial charge in [0.15, 0.2) is 5.96 Å². The van der Waals surface area contributed by atoms with Crippen LogP contribution in [0.1, 0.15) is 25.6 Å². The maximum Gasteiger partial charge on any atom is 0.193 e. The Morgan fingerprint density at radius 3 is 2.76 bits per heavy atom. The molecule has 5 nitrogen and oxygen atoms in total. The van der Waals surface area contributed by atoms with E-state index in [9.17, 15) is 0 Å². The molecule has 2 heterocycles. The van der Waals surface area contributed by atoms with Crippen LogP contribution < -0.4 is 5.32 Å². The lowest BCUT2D eigenvalue weighted by molar-refractivity contribution is 0.00863. The third kappa shape index (κ3) is 6.60. The molecule has 1 unspecified atom stereocenters. The Kier molecular flexibility index (Phi) is 8.72. The Morgan fingerprint density at radius 1 is 1.40 bits per heavy atom. The molecule has 0 aromatic carbocycles. The van der Waals surface area contributed by atoms with Crippen molar-refractivity contribution >= 4 is 17.3 Å². The number of likely N-dealkylation sites (N-methyl/N-ethyl adjacent to an activating group) is 1. The number of guanidine groups is 1. The predicted molar refractivity (Wildman–Crippen MR) is 108 cm³/mol. The maximum absolute atomic E-state index is 5.50. The quantitative estimate of drug-likeness (QED) is 0.567. The number of aliphatic imine (C=N–C) groups is 1. The van der Waals surface area contributed by atoms with E-state index in [4.69, 9.17) is 9.73 Å². The van der Waals surface area contributed by atoms with Gasteiger partial charge >= 0.3 is 0 Å². The molecular weight excluding hydrogens is 332 g/mol. The van der Waals surface area contributed by atoms with Crippen LogP contribution in [0.15, 0.2) is 22.5 Å². The molecule has 0 spiro atoms. The minimum Gasteiger partial charge on any atom is -0.379 e. The average molecular weight is 367 g/mol. The fourth-order valence-electron chi connectivity index (χ4n) is 3.15. The highest BCUT2D eigenvalue weighted by Crippen LogP contribution is 2.14.